The number of hydrogen-bond acceptors (Lipinski definition) is 6. The van der Waals surface area contributed by atoms with Gasteiger partial charge in [0, 0.05) is 26.6 Å². The van der Waals surface area contributed by atoms with Crippen LogP contribution in [0.3, 0.4) is 0 Å². The van der Waals surface area contributed by atoms with E-state index in [1.54, 1.807) is 42.2 Å². The predicted molar refractivity (Wildman–Crippen MR) is 90.6 cm³/mol. The maximum absolute atomic E-state index is 12.5. The van der Waals surface area contributed by atoms with Crippen molar-refractivity contribution < 1.29 is 19.1 Å². The molecule has 2 aromatic heterocycles. The first-order valence-corrected chi connectivity index (χ1v) is 8.48. The molecule has 9 nitrogen and oxygen atoms in total. The fourth-order valence-electron chi connectivity index (χ4n) is 3.36. The lowest BCUT2D eigenvalue weighted by atomic mass is 9.92. The molecule has 138 valence electrons. The average Bonchev–Trinajstić information content (AvgIpc) is 3.32. The minimum atomic E-state index is -0.632. The molecule has 9 heteroatoms. The summed E-state index contributed by atoms with van der Waals surface area (Å²) in [7, 11) is 3.16. The molecule has 0 radical (unpaired) electrons. The second-order valence-electron chi connectivity index (χ2n) is 6.89. The highest BCUT2D eigenvalue weighted by atomic mass is 16.5. The number of ether oxygens (including phenoxy) is 2. The summed E-state index contributed by atoms with van der Waals surface area (Å²) in [6.07, 6.45) is 7.92. The first-order chi connectivity index (χ1) is 12.5. The third-order valence-corrected chi connectivity index (χ3v) is 5.30. The van der Waals surface area contributed by atoms with Crippen molar-refractivity contribution in [1.82, 2.24) is 24.8 Å². The van der Waals surface area contributed by atoms with Crippen LogP contribution in [0.25, 0.3) is 5.52 Å². The van der Waals surface area contributed by atoms with Gasteiger partial charge < -0.3 is 19.7 Å². The summed E-state index contributed by atoms with van der Waals surface area (Å²) in [4.78, 5) is 30.7. The monoisotopic (exact) mass is 359 g/mol. The Kier molecular flexibility index (Phi) is 3.92. The van der Waals surface area contributed by atoms with Gasteiger partial charge in [-0.1, -0.05) is 0 Å². The molecule has 2 amide bonds. The Morgan fingerprint density at radius 1 is 1.23 bits per heavy atom. The van der Waals surface area contributed by atoms with Crippen molar-refractivity contribution in [3.63, 3.8) is 0 Å². The fourth-order valence-corrected chi connectivity index (χ4v) is 3.36. The number of rotatable bonds is 6. The Balaban J connectivity index is 1.38. The van der Waals surface area contributed by atoms with Crippen LogP contribution in [0.4, 0.5) is 0 Å². The van der Waals surface area contributed by atoms with E-state index in [0.717, 1.165) is 12.8 Å². The van der Waals surface area contributed by atoms with Gasteiger partial charge in [-0.25, -0.2) is 4.52 Å². The van der Waals surface area contributed by atoms with Gasteiger partial charge in [0.15, 0.2) is 0 Å². The molecule has 26 heavy (non-hydrogen) atoms. The number of aromatic nitrogens is 3. The summed E-state index contributed by atoms with van der Waals surface area (Å²) >= 11 is 0. The van der Waals surface area contributed by atoms with Crippen LogP contribution in [-0.2, 0) is 14.3 Å². The molecule has 1 saturated heterocycles. The first-order valence-electron chi connectivity index (χ1n) is 8.48. The summed E-state index contributed by atoms with van der Waals surface area (Å²) in [5.74, 6) is -0.238. The van der Waals surface area contributed by atoms with Gasteiger partial charge in [0.25, 0.3) is 11.8 Å². The highest BCUT2D eigenvalue weighted by molar-refractivity contribution is 6.00. The van der Waals surface area contributed by atoms with E-state index < -0.39 is 11.2 Å². The highest BCUT2D eigenvalue weighted by Crippen LogP contribution is 2.42. The van der Waals surface area contributed by atoms with Gasteiger partial charge in [-0.05, 0) is 12.8 Å². The topological polar surface area (TPSA) is 98.1 Å². The van der Waals surface area contributed by atoms with Crippen LogP contribution in [0.15, 0.2) is 24.8 Å². The van der Waals surface area contributed by atoms with Gasteiger partial charge >= 0.3 is 0 Å². The van der Waals surface area contributed by atoms with Gasteiger partial charge in [-0.3, -0.25) is 14.6 Å². The number of fused-ring (bicyclic) bond motifs is 1. The second kappa shape index (κ2) is 6.03. The van der Waals surface area contributed by atoms with Crippen molar-refractivity contribution in [3.8, 4) is 0 Å². The van der Waals surface area contributed by atoms with Gasteiger partial charge in [-0.2, -0.15) is 5.10 Å². The summed E-state index contributed by atoms with van der Waals surface area (Å²) in [5, 5.41) is 7.02. The van der Waals surface area contributed by atoms with Crippen LogP contribution in [0, 0.1) is 0 Å². The number of carbonyl (C=O) groups is 2. The lowest BCUT2D eigenvalue weighted by Gasteiger charge is -2.49. The maximum atomic E-state index is 12.5. The predicted octanol–water partition coefficient (Wildman–Crippen LogP) is -0.134. The van der Waals surface area contributed by atoms with Crippen LogP contribution in [-0.4, -0.2) is 76.4 Å². The number of likely N-dealkylation sites (tertiary alicyclic amines) is 1. The Labute approximate surface area is 150 Å². The zero-order chi connectivity index (χ0) is 18.4. The second-order valence-corrected chi connectivity index (χ2v) is 6.89. The number of carbonyl (C=O) groups excluding carboxylic acids is 2. The molecule has 1 saturated carbocycles. The number of amides is 2. The SMILES string of the molecule is COC1(CNC(=O)c2cnn3ccncc23)CN(C(=O)C2(OC)CC2)C1. The van der Waals surface area contributed by atoms with E-state index in [-0.39, 0.29) is 11.8 Å². The van der Waals surface area contributed by atoms with E-state index in [1.807, 2.05) is 0 Å². The zero-order valence-electron chi connectivity index (χ0n) is 14.8. The normalized spacial score (nSPS) is 19.8. The van der Waals surface area contributed by atoms with Crippen molar-refractivity contribution >= 4 is 17.3 Å². The van der Waals surface area contributed by atoms with E-state index in [2.05, 4.69) is 15.4 Å². The molecule has 2 fully saturated rings. The quantitative estimate of drug-likeness (QED) is 0.771. The smallest absolute Gasteiger partial charge is 0.255 e. The van der Waals surface area contributed by atoms with Crippen molar-refractivity contribution in [1.29, 1.82) is 0 Å². The van der Waals surface area contributed by atoms with Crippen molar-refractivity contribution in [2.24, 2.45) is 0 Å². The minimum absolute atomic E-state index is 0.00713. The molecule has 1 aliphatic carbocycles. The van der Waals surface area contributed by atoms with E-state index in [9.17, 15) is 9.59 Å². The minimum Gasteiger partial charge on any atom is -0.373 e. The van der Waals surface area contributed by atoms with Crippen LogP contribution in [0.1, 0.15) is 23.2 Å². The molecule has 0 aromatic carbocycles. The molecular weight excluding hydrogens is 338 g/mol. The maximum Gasteiger partial charge on any atom is 0.255 e. The third-order valence-electron chi connectivity index (χ3n) is 5.30. The molecule has 2 aromatic rings. The molecule has 3 heterocycles. The van der Waals surface area contributed by atoms with Gasteiger partial charge in [0.05, 0.1) is 43.1 Å². The van der Waals surface area contributed by atoms with Gasteiger partial charge in [0.1, 0.15) is 11.2 Å². The molecule has 0 atom stereocenters. The molecule has 0 unspecified atom stereocenters. The number of nitrogens with zero attached hydrogens (tertiary/aromatic N) is 4. The fraction of sp³-hybridized carbons (Fsp3) is 0.529. The van der Waals surface area contributed by atoms with Crippen LogP contribution < -0.4 is 5.32 Å². The molecular formula is C17H21N5O4. The van der Waals surface area contributed by atoms with Gasteiger partial charge in [-0.15, -0.1) is 0 Å². The van der Waals surface area contributed by atoms with Crippen molar-refractivity contribution in [2.75, 3.05) is 33.9 Å². The Morgan fingerprint density at radius 2 is 2.00 bits per heavy atom. The number of nitrogens with one attached hydrogen (secondary N) is 1. The molecule has 0 spiro atoms. The lowest BCUT2D eigenvalue weighted by molar-refractivity contribution is -0.172. The van der Waals surface area contributed by atoms with E-state index in [1.165, 1.54) is 6.20 Å². The summed E-state index contributed by atoms with van der Waals surface area (Å²) in [5.41, 5.74) is -0.116. The third kappa shape index (κ3) is 2.63. The molecule has 0 bridgehead atoms. The number of methoxy groups -OCH3 is 2. The van der Waals surface area contributed by atoms with E-state index >= 15 is 0 Å². The standard InChI is InChI=1S/C17H21N5O4/c1-25-16(10-21(11-16)15(24)17(26-2)3-4-17)9-19-14(23)12-7-20-22-6-5-18-8-13(12)22/h5-8H,3-4,9-11H2,1-2H3,(H,19,23). The van der Waals surface area contributed by atoms with Crippen LogP contribution in [0.2, 0.25) is 0 Å². The Morgan fingerprint density at radius 3 is 2.65 bits per heavy atom. The van der Waals surface area contributed by atoms with Crippen molar-refractivity contribution in [2.45, 2.75) is 24.0 Å². The van der Waals surface area contributed by atoms with E-state index in [0.29, 0.717) is 30.7 Å². The summed E-state index contributed by atoms with van der Waals surface area (Å²) in [6.45, 7) is 1.18. The van der Waals surface area contributed by atoms with E-state index in [4.69, 9.17) is 9.47 Å². The van der Waals surface area contributed by atoms with Crippen LogP contribution >= 0.6 is 0 Å². The highest BCUT2D eigenvalue weighted by Gasteiger charge is 2.57. The first kappa shape index (κ1) is 16.9. The molecule has 4 rings (SSSR count). The average molecular weight is 359 g/mol. The van der Waals surface area contributed by atoms with Gasteiger partial charge in [0.2, 0.25) is 0 Å². The summed E-state index contributed by atoms with van der Waals surface area (Å²) in [6, 6.07) is 0. The zero-order valence-corrected chi connectivity index (χ0v) is 14.8. The lowest BCUT2D eigenvalue weighted by Crippen LogP contribution is -2.70. The Bertz CT molecular complexity index is 854. The molecule has 2 aliphatic rings. The van der Waals surface area contributed by atoms with Crippen molar-refractivity contribution in [3.05, 3.63) is 30.4 Å². The number of hydrogen-bond donors (Lipinski definition) is 1. The molecule has 1 N–H and O–H groups in total. The summed E-state index contributed by atoms with van der Waals surface area (Å²) < 4.78 is 12.5. The Hall–Kier alpha value is -2.52. The van der Waals surface area contributed by atoms with Crippen LogP contribution in [0.5, 0.6) is 0 Å². The molecule has 1 aliphatic heterocycles. The largest absolute Gasteiger partial charge is 0.373 e.